The molecule has 0 aliphatic heterocycles. The summed E-state index contributed by atoms with van der Waals surface area (Å²) in [5, 5.41) is 27.6. The van der Waals surface area contributed by atoms with E-state index in [1.54, 1.807) is 38.1 Å². The third-order valence-electron chi connectivity index (χ3n) is 6.54. The summed E-state index contributed by atoms with van der Waals surface area (Å²) in [5.74, 6) is -2.78. The van der Waals surface area contributed by atoms with E-state index in [9.17, 15) is 29.2 Å². The summed E-state index contributed by atoms with van der Waals surface area (Å²) < 4.78 is 25.0. The Morgan fingerprint density at radius 2 is 1.27 bits per heavy atom. The van der Waals surface area contributed by atoms with Gasteiger partial charge in [-0.2, -0.15) is 0 Å². The second-order valence-electron chi connectivity index (χ2n) is 9.77. The number of rotatable bonds is 16. The van der Waals surface area contributed by atoms with Gasteiger partial charge < -0.3 is 35.2 Å². The Bertz CT molecular complexity index is 1180. The van der Waals surface area contributed by atoms with Crippen LogP contribution < -0.4 is 16.0 Å². The number of aromatic hydroxyl groups is 2. The largest absolute Gasteiger partial charge is 0.508 e. The average Bonchev–Trinajstić information content (AvgIpc) is 2.92. The van der Waals surface area contributed by atoms with Crippen LogP contribution in [-0.4, -0.2) is 59.0 Å². The van der Waals surface area contributed by atoms with Crippen molar-refractivity contribution in [1.29, 1.82) is 0 Å². The normalized spacial score (nSPS) is 14.4. The molecule has 226 valence electrons. The van der Waals surface area contributed by atoms with E-state index in [-0.39, 0.29) is 49.4 Å². The van der Waals surface area contributed by atoms with Crippen LogP contribution in [0.25, 0.3) is 0 Å². The Kier molecular flexibility index (Phi) is 13.3. The van der Waals surface area contributed by atoms with Crippen molar-refractivity contribution in [1.82, 2.24) is 16.0 Å². The lowest BCUT2D eigenvalue weighted by atomic mass is 9.97. The molecule has 2 aromatic carbocycles. The second kappa shape index (κ2) is 16.1. The Labute approximate surface area is 241 Å². The molecule has 0 unspecified atom stereocenters. The van der Waals surface area contributed by atoms with E-state index in [0.29, 0.717) is 17.5 Å². The molecule has 0 aromatic heterocycles. The monoisotopic (exact) mass is 591 g/mol. The summed E-state index contributed by atoms with van der Waals surface area (Å²) in [6, 6.07) is 10.4. The number of nitrogens with one attached hydrogen (secondary N) is 3. The van der Waals surface area contributed by atoms with E-state index in [0.717, 1.165) is 0 Å². The molecule has 0 saturated heterocycles. The summed E-state index contributed by atoms with van der Waals surface area (Å²) >= 11 is 0. The van der Waals surface area contributed by atoms with Crippen LogP contribution in [0.5, 0.6) is 11.5 Å². The zero-order valence-corrected chi connectivity index (χ0v) is 25.1. The lowest BCUT2D eigenvalue weighted by molar-refractivity contribution is -0.132. The molecule has 3 amide bonds. The topological polar surface area (TPSA) is 163 Å². The van der Waals surface area contributed by atoms with E-state index in [2.05, 4.69) is 16.0 Å². The summed E-state index contributed by atoms with van der Waals surface area (Å²) in [5.41, 5.74) is 1.31. The fourth-order valence-electron chi connectivity index (χ4n) is 4.20. The van der Waals surface area contributed by atoms with Gasteiger partial charge >= 0.3 is 7.60 Å². The van der Waals surface area contributed by atoms with Gasteiger partial charge in [0.05, 0.1) is 13.2 Å². The standard InChI is InChI=1S/C29H42N3O8P/c1-6-19(4)27(30-20(5)33)29(37)31-25(17-21-9-13-23(34)14-10-21)28(36)32-26(41(38,39-7-2)40-8-3)18-22-11-15-24(35)16-12-22/h9-16,19,25-27,34-35H,6-8,17-18H2,1-5H3,(H,30,33)(H,31,37)(H,32,36)/t19-,25+,26-,27+/m1/s1. The van der Waals surface area contributed by atoms with Crippen LogP contribution in [0.1, 0.15) is 52.2 Å². The van der Waals surface area contributed by atoms with Crippen LogP contribution in [0.15, 0.2) is 48.5 Å². The summed E-state index contributed by atoms with van der Waals surface area (Å²) in [6.45, 7) is 8.49. The van der Waals surface area contributed by atoms with Gasteiger partial charge in [0.2, 0.25) is 17.7 Å². The molecule has 0 bridgehead atoms. The molecule has 0 radical (unpaired) electrons. The zero-order valence-electron chi connectivity index (χ0n) is 24.3. The molecule has 0 heterocycles. The van der Waals surface area contributed by atoms with Crippen molar-refractivity contribution in [3.05, 3.63) is 59.7 Å². The highest BCUT2D eigenvalue weighted by molar-refractivity contribution is 7.54. The van der Waals surface area contributed by atoms with Gasteiger partial charge in [-0.05, 0) is 55.2 Å². The number of phenolic OH excluding ortho intramolecular Hbond substituents is 2. The first-order valence-corrected chi connectivity index (χ1v) is 15.4. The minimum Gasteiger partial charge on any atom is -0.508 e. The highest BCUT2D eigenvalue weighted by atomic mass is 31.2. The minimum atomic E-state index is -3.88. The van der Waals surface area contributed by atoms with E-state index >= 15 is 0 Å². The fourth-order valence-corrected chi connectivity index (χ4v) is 6.07. The van der Waals surface area contributed by atoms with Crippen molar-refractivity contribution in [3.63, 3.8) is 0 Å². The van der Waals surface area contributed by atoms with Crippen molar-refractivity contribution < 1.29 is 38.2 Å². The van der Waals surface area contributed by atoms with Gasteiger partial charge in [-0.25, -0.2) is 0 Å². The second-order valence-corrected chi connectivity index (χ2v) is 12.0. The highest BCUT2D eigenvalue weighted by Gasteiger charge is 2.39. The lowest BCUT2D eigenvalue weighted by Gasteiger charge is -2.30. The Hall–Kier alpha value is -3.40. The van der Waals surface area contributed by atoms with Crippen LogP contribution in [0.3, 0.4) is 0 Å². The molecule has 2 rings (SSSR count). The van der Waals surface area contributed by atoms with Gasteiger partial charge in [-0.15, -0.1) is 0 Å². The van der Waals surface area contributed by atoms with E-state index in [1.807, 2.05) is 13.8 Å². The predicted octanol–water partition coefficient (Wildman–Crippen LogP) is 3.63. The third-order valence-corrected chi connectivity index (χ3v) is 8.85. The first-order valence-electron chi connectivity index (χ1n) is 13.7. The zero-order chi connectivity index (χ0) is 30.6. The van der Waals surface area contributed by atoms with Gasteiger partial charge in [-0.1, -0.05) is 44.5 Å². The number of hydrogen-bond donors (Lipinski definition) is 5. The molecule has 0 aliphatic rings. The molecule has 4 atom stereocenters. The molecule has 0 saturated carbocycles. The van der Waals surface area contributed by atoms with Crippen molar-refractivity contribution >= 4 is 25.3 Å². The molecule has 2 aromatic rings. The van der Waals surface area contributed by atoms with Crippen molar-refractivity contribution in [3.8, 4) is 11.5 Å². The number of carbonyl (C=O) groups is 3. The molecule has 12 heteroatoms. The predicted molar refractivity (Wildman–Crippen MR) is 155 cm³/mol. The van der Waals surface area contributed by atoms with Crippen LogP contribution in [0.4, 0.5) is 0 Å². The van der Waals surface area contributed by atoms with Crippen molar-refractivity contribution in [2.45, 2.75) is 71.7 Å². The molecule has 0 fully saturated rings. The third kappa shape index (κ3) is 10.5. The maximum atomic E-state index is 13.8. The molecular weight excluding hydrogens is 549 g/mol. The number of amides is 3. The molecule has 41 heavy (non-hydrogen) atoms. The van der Waals surface area contributed by atoms with Gasteiger partial charge in [0.1, 0.15) is 29.4 Å². The fraction of sp³-hybridized carbons (Fsp3) is 0.483. The Morgan fingerprint density at radius 1 is 0.780 bits per heavy atom. The maximum absolute atomic E-state index is 13.8. The average molecular weight is 592 g/mol. The summed E-state index contributed by atoms with van der Waals surface area (Å²) in [6.07, 6.45) is 0.711. The van der Waals surface area contributed by atoms with Crippen molar-refractivity contribution in [2.75, 3.05) is 13.2 Å². The number of phenols is 2. The van der Waals surface area contributed by atoms with E-state index < -0.39 is 37.3 Å². The molecule has 11 nitrogen and oxygen atoms in total. The van der Waals surface area contributed by atoms with Crippen LogP contribution in [0.2, 0.25) is 0 Å². The van der Waals surface area contributed by atoms with Gasteiger partial charge in [0.15, 0.2) is 0 Å². The lowest BCUT2D eigenvalue weighted by Crippen LogP contribution is -2.57. The molecule has 0 spiro atoms. The molecular formula is C29H42N3O8P. The SMILES string of the molecule is CCOP(=O)(OCC)[C@H](Cc1ccc(O)cc1)NC(=O)[C@H](Cc1ccc(O)cc1)NC(=O)[C@@H](NC(C)=O)[C@H](C)CC. The first-order chi connectivity index (χ1) is 19.4. The molecule has 5 N–H and O–H groups in total. The Balaban J connectivity index is 2.44. The van der Waals surface area contributed by atoms with Crippen LogP contribution in [0, 0.1) is 5.92 Å². The maximum Gasteiger partial charge on any atom is 0.353 e. The molecule has 0 aliphatic carbocycles. The summed E-state index contributed by atoms with van der Waals surface area (Å²) in [4.78, 5) is 39.0. The quantitative estimate of drug-likeness (QED) is 0.185. The Morgan fingerprint density at radius 3 is 1.71 bits per heavy atom. The summed E-state index contributed by atoms with van der Waals surface area (Å²) in [7, 11) is -3.88. The van der Waals surface area contributed by atoms with E-state index in [1.165, 1.54) is 31.2 Å². The van der Waals surface area contributed by atoms with Crippen LogP contribution >= 0.6 is 7.60 Å². The van der Waals surface area contributed by atoms with E-state index in [4.69, 9.17) is 9.05 Å². The number of carbonyl (C=O) groups excluding carboxylic acids is 3. The van der Waals surface area contributed by atoms with Crippen molar-refractivity contribution in [2.24, 2.45) is 5.92 Å². The smallest absolute Gasteiger partial charge is 0.353 e. The van der Waals surface area contributed by atoms with Gasteiger partial charge in [-0.3, -0.25) is 18.9 Å². The number of benzene rings is 2. The minimum absolute atomic E-state index is 0.0459. The van der Waals surface area contributed by atoms with Crippen LogP contribution in [-0.2, 0) is 40.8 Å². The highest BCUT2D eigenvalue weighted by Crippen LogP contribution is 2.53. The number of hydrogen-bond acceptors (Lipinski definition) is 8. The van der Waals surface area contributed by atoms with Gasteiger partial charge in [0.25, 0.3) is 0 Å². The van der Waals surface area contributed by atoms with Gasteiger partial charge in [0, 0.05) is 19.8 Å². The first kappa shape index (κ1) is 33.8.